The first-order valence-electron chi connectivity index (χ1n) is 13.2. The minimum Gasteiger partial charge on any atom is -0.381 e. The first kappa shape index (κ1) is 26.0. The van der Waals surface area contributed by atoms with Crippen LogP contribution in [0.5, 0.6) is 0 Å². The molecule has 1 heterocycles. The highest BCUT2D eigenvalue weighted by Gasteiger charge is 2.45. The molecule has 198 valence electrons. The molecule has 2 aliphatic rings. The number of nitrogens with one attached hydrogen (secondary N) is 2. The summed E-state index contributed by atoms with van der Waals surface area (Å²) in [4.78, 5) is 16.8. The van der Waals surface area contributed by atoms with Crippen molar-refractivity contribution in [1.29, 1.82) is 5.26 Å². The minimum absolute atomic E-state index is 0.0563. The summed E-state index contributed by atoms with van der Waals surface area (Å²) in [6, 6.07) is 16.0. The van der Waals surface area contributed by atoms with Crippen LogP contribution in [0.1, 0.15) is 72.1 Å². The zero-order chi connectivity index (χ0) is 27.0. The Kier molecular flexibility index (Phi) is 7.04. The third-order valence-corrected chi connectivity index (χ3v) is 7.93. The zero-order valence-electron chi connectivity index (χ0n) is 21.5. The smallest absolute Gasteiger partial charge is 0.381 e. The Morgan fingerprint density at radius 3 is 2.71 bits per heavy atom. The van der Waals surface area contributed by atoms with Gasteiger partial charge >= 0.3 is 6.18 Å². The number of aryl methyl sites for hydroxylation is 1. The average Bonchev–Trinajstić information content (AvgIpc) is 3.67. The summed E-state index contributed by atoms with van der Waals surface area (Å²) < 4.78 is 40.5. The maximum Gasteiger partial charge on any atom is 0.433 e. The van der Waals surface area contributed by atoms with Gasteiger partial charge in [0.15, 0.2) is 0 Å². The number of nitrogens with zero attached hydrogens (tertiary/aromatic N) is 2. The Bertz CT molecular complexity index is 1400. The minimum atomic E-state index is -4.51. The Hall–Kier alpha value is -3.60. The van der Waals surface area contributed by atoms with Crippen LogP contribution >= 0.6 is 0 Å². The standard InChI is InChI=1S/C30H31F3N4O/c1-17-9-10-25-24(11-17)27(15-28(37-25)30(31,32)33)36-26-14-23(26)20-6-4-8-22(13-20)35-29(38)21-7-3-5-19(12-21)18(2)16-34/h3,5,7,9-12,15,18,20,22-23,26H,4,6,8,13-14H2,1-2H3,(H,35,38)(H,36,37)/t18?,20-,22?,23?,26?/m0/s1. The number of halogens is 3. The lowest BCUT2D eigenvalue weighted by molar-refractivity contribution is -0.140. The van der Waals surface area contributed by atoms with E-state index in [1.54, 1.807) is 30.3 Å². The van der Waals surface area contributed by atoms with Crippen LogP contribution in [0, 0.1) is 30.1 Å². The van der Waals surface area contributed by atoms with Crippen LogP contribution < -0.4 is 10.6 Å². The van der Waals surface area contributed by atoms with Gasteiger partial charge in [-0.05, 0) is 87.3 Å². The Balaban J connectivity index is 1.25. The third kappa shape index (κ3) is 5.62. The predicted molar refractivity (Wildman–Crippen MR) is 141 cm³/mol. The third-order valence-electron chi connectivity index (χ3n) is 7.93. The van der Waals surface area contributed by atoms with E-state index in [0.717, 1.165) is 49.3 Å². The summed E-state index contributed by atoms with van der Waals surface area (Å²) in [6.45, 7) is 3.72. The molecule has 2 aliphatic carbocycles. The van der Waals surface area contributed by atoms with E-state index in [9.17, 15) is 23.2 Å². The number of pyridine rings is 1. The van der Waals surface area contributed by atoms with Crippen LogP contribution in [0.4, 0.5) is 18.9 Å². The maximum absolute atomic E-state index is 13.5. The highest BCUT2D eigenvalue weighted by molar-refractivity contribution is 5.94. The molecule has 0 radical (unpaired) electrons. The van der Waals surface area contributed by atoms with Gasteiger partial charge in [-0.3, -0.25) is 4.79 Å². The van der Waals surface area contributed by atoms with Gasteiger partial charge in [-0.2, -0.15) is 18.4 Å². The van der Waals surface area contributed by atoms with Crippen LogP contribution in [0.15, 0.2) is 48.5 Å². The molecule has 38 heavy (non-hydrogen) atoms. The summed E-state index contributed by atoms with van der Waals surface area (Å²) in [5.41, 5.74) is 2.26. The van der Waals surface area contributed by atoms with Gasteiger partial charge in [0.25, 0.3) is 5.91 Å². The molecule has 0 aliphatic heterocycles. The molecule has 3 aromatic rings. The molecular formula is C30H31F3N4O. The molecule has 2 saturated carbocycles. The van der Waals surface area contributed by atoms with E-state index in [1.807, 2.05) is 26.0 Å². The second kappa shape index (κ2) is 10.3. The molecule has 1 aromatic heterocycles. The van der Waals surface area contributed by atoms with E-state index in [1.165, 1.54) is 0 Å². The molecule has 0 bridgehead atoms. The van der Waals surface area contributed by atoms with Crippen LogP contribution in [0.3, 0.4) is 0 Å². The number of benzene rings is 2. The van der Waals surface area contributed by atoms with Crippen LogP contribution in [0.2, 0.25) is 0 Å². The lowest BCUT2D eigenvalue weighted by Crippen LogP contribution is -2.39. The maximum atomic E-state index is 13.5. The number of carbonyl (C=O) groups excluding carboxylic acids is 1. The number of hydrogen-bond acceptors (Lipinski definition) is 4. The van der Waals surface area contributed by atoms with Crippen molar-refractivity contribution in [2.75, 3.05) is 5.32 Å². The first-order chi connectivity index (χ1) is 18.1. The molecule has 4 unspecified atom stereocenters. The van der Waals surface area contributed by atoms with E-state index in [-0.39, 0.29) is 23.9 Å². The fourth-order valence-corrected chi connectivity index (χ4v) is 5.75. The molecular weight excluding hydrogens is 489 g/mol. The molecule has 1 amide bonds. The predicted octanol–water partition coefficient (Wildman–Crippen LogP) is 6.98. The zero-order valence-corrected chi connectivity index (χ0v) is 21.5. The lowest BCUT2D eigenvalue weighted by atomic mass is 9.82. The molecule has 5 rings (SSSR count). The van der Waals surface area contributed by atoms with Gasteiger partial charge in [0.1, 0.15) is 5.69 Å². The van der Waals surface area contributed by atoms with Crippen molar-refractivity contribution in [1.82, 2.24) is 10.3 Å². The fourth-order valence-electron chi connectivity index (χ4n) is 5.75. The van der Waals surface area contributed by atoms with Crippen molar-refractivity contribution in [3.63, 3.8) is 0 Å². The van der Waals surface area contributed by atoms with Crippen molar-refractivity contribution >= 4 is 22.5 Å². The summed E-state index contributed by atoms with van der Waals surface area (Å²) in [6.07, 6.45) is 0.196. The number of rotatable bonds is 6. The van der Waals surface area contributed by atoms with Gasteiger partial charge in [-0.15, -0.1) is 0 Å². The Morgan fingerprint density at radius 2 is 1.95 bits per heavy atom. The normalized spacial score (nSPS) is 23.9. The Labute approximate surface area is 220 Å². The largest absolute Gasteiger partial charge is 0.433 e. The number of alkyl halides is 3. The second-order valence-corrected chi connectivity index (χ2v) is 10.8. The van der Waals surface area contributed by atoms with E-state index in [0.29, 0.717) is 34.0 Å². The molecule has 0 spiro atoms. The molecule has 5 atom stereocenters. The van der Waals surface area contributed by atoms with Gasteiger partial charge in [0.2, 0.25) is 0 Å². The second-order valence-electron chi connectivity index (χ2n) is 10.8. The van der Waals surface area contributed by atoms with Crippen LogP contribution in [-0.4, -0.2) is 23.0 Å². The van der Waals surface area contributed by atoms with Gasteiger partial charge in [0.05, 0.1) is 17.5 Å². The van der Waals surface area contributed by atoms with Gasteiger partial charge in [0, 0.05) is 28.7 Å². The Morgan fingerprint density at radius 1 is 1.13 bits per heavy atom. The summed E-state index contributed by atoms with van der Waals surface area (Å²) >= 11 is 0. The fraction of sp³-hybridized carbons (Fsp3) is 0.433. The first-order valence-corrected chi connectivity index (χ1v) is 13.2. The number of amides is 1. The molecule has 2 N–H and O–H groups in total. The quantitative estimate of drug-likeness (QED) is 0.368. The number of hydrogen-bond donors (Lipinski definition) is 2. The van der Waals surface area contributed by atoms with E-state index in [4.69, 9.17) is 0 Å². The summed E-state index contributed by atoms with van der Waals surface area (Å²) in [5.74, 6) is 0.339. The van der Waals surface area contributed by atoms with E-state index < -0.39 is 11.9 Å². The topological polar surface area (TPSA) is 77.8 Å². The number of anilines is 1. The van der Waals surface area contributed by atoms with Crippen molar-refractivity contribution in [3.05, 3.63) is 70.9 Å². The van der Waals surface area contributed by atoms with Gasteiger partial charge in [-0.1, -0.05) is 30.2 Å². The number of aromatic nitrogens is 1. The highest BCUT2D eigenvalue weighted by atomic mass is 19.4. The van der Waals surface area contributed by atoms with E-state index >= 15 is 0 Å². The molecule has 8 heteroatoms. The molecule has 2 aromatic carbocycles. The van der Waals surface area contributed by atoms with Gasteiger partial charge in [-0.25, -0.2) is 4.98 Å². The summed E-state index contributed by atoms with van der Waals surface area (Å²) in [7, 11) is 0. The highest BCUT2D eigenvalue weighted by Crippen LogP contribution is 2.47. The monoisotopic (exact) mass is 520 g/mol. The number of carbonyl (C=O) groups is 1. The molecule has 5 nitrogen and oxygen atoms in total. The van der Waals surface area contributed by atoms with Crippen molar-refractivity contribution in [2.45, 2.75) is 70.1 Å². The van der Waals surface area contributed by atoms with Crippen molar-refractivity contribution < 1.29 is 18.0 Å². The van der Waals surface area contributed by atoms with Crippen LogP contribution in [-0.2, 0) is 6.18 Å². The molecule has 0 saturated heterocycles. The van der Waals surface area contributed by atoms with Crippen molar-refractivity contribution in [3.8, 4) is 6.07 Å². The van der Waals surface area contributed by atoms with Crippen LogP contribution in [0.25, 0.3) is 10.9 Å². The van der Waals surface area contributed by atoms with E-state index in [2.05, 4.69) is 21.7 Å². The number of fused-ring (bicyclic) bond motifs is 1. The summed E-state index contributed by atoms with van der Waals surface area (Å²) in [5, 5.41) is 16.5. The SMILES string of the molecule is Cc1ccc2nc(C(F)(F)F)cc(NC3CC3[C@H]3CCCC(NC(=O)c4cccc(C(C)C#N)c4)C3)c2c1. The number of nitriles is 1. The molecule has 2 fully saturated rings. The van der Waals surface area contributed by atoms with Gasteiger partial charge < -0.3 is 10.6 Å². The lowest BCUT2D eigenvalue weighted by Gasteiger charge is -2.30. The average molecular weight is 521 g/mol. The van der Waals surface area contributed by atoms with Crippen molar-refractivity contribution in [2.24, 2.45) is 11.8 Å².